The third kappa shape index (κ3) is 7.98. The molecular formula is C12H20O6S2-2. The number of carbonyl (C=O) groups is 2. The van der Waals surface area contributed by atoms with E-state index in [1.165, 1.54) is 0 Å². The van der Waals surface area contributed by atoms with Crippen LogP contribution in [0.25, 0.3) is 0 Å². The minimum atomic E-state index is -2.20. The number of aliphatic carboxylic acids is 2. The van der Waals surface area contributed by atoms with Gasteiger partial charge in [-0.2, -0.15) is 0 Å². The van der Waals surface area contributed by atoms with Gasteiger partial charge < -0.3 is 30.0 Å². The highest BCUT2D eigenvalue weighted by Crippen LogP contribution is 2.39. The van der Waals surface area contributed by atoms with Gasteiger partial charge in [0.25, 0.3) is 0 Å². The Morgan fingerprint density at radius 1 is 1.15 bits per heavy atom. The SMILES string of the molecule is CCCCCCCCC(O)(SSC(O)C(=O)[O-])C(=O)[O-]. The summed E-state index contributed by atoms with van der Waals surface area (Å²) < 4.78 is 0. The van der Waals surface area contributed by atoms with E-state index < -0.39 is 22.3 Å². The number of rotatable bonds is 12. The topological polar surface area (TPSA) is 121 Å². The molecular weight excluding hydrogens is 304 g/mol. The minimum Gasteiger partial charge on any atom is -0.546 e. The molecule has 0 fully saturated rings. The Bertz CT molecular complexity index is 312. The molecule has 2 unspecified atom stereocenters. The van der Waals surface area contributed by atoms with Gasteiger partial charge in [-0.1, -0.05) is 49.8 Å². The van der Waals surface area contributed by atoms with E-state index in [1.807, 2.05) is 0 Å². The lowest BCUT2D eigenvalue weighted by molar-refractivity contribution is -0.318. The number of carbonyl (C=O) groups excluding carboxylic acids is 2. The average Bonchev–Trinajstić information content (AvgIpc) is 2.39. The zero-order chi connectivity index (χ0) is 15.6. The average molecular weight is 324 g/mol. The van der Waals surface area contributed by atoms with Crippen LogP contribution in [0.5, 0.6) is 0 Å². The summed E-state index contributed by atoms with van der Waals surface area (Å²) in [6, 6.07) is 0. The van der Waals surface area contributed by atoms with Crippen molar-refractivity contribution in [2.45, 2.75) is 62.2 Å². The number of unbranched alkanes of at least 4 members (excludes halogenated alkanes) is 5. The molecule has 0 amide bonds. The van der Waals surface area contributed by atoms with Gasteiger partial charge in [-0.15, -0.1) is 0 Å². The van der Waals surface area contributed by atoms with Crippen LogP contribution >= 0.6 is 21.6 Å². The molecule has 0 aliphatic rings. The van der Waals surface area contributed by atoms with E-state index in [0.717, 1.165) is 32.1 Å². The Balaban J connectivity index is 4.12. The third-order valence-electron chi connectivity index (χ3n) is 2.67. The highest BCUT2D eigenvalue weighted by molar-refractivity contribution is 8.77. The predicted molar refractivity (Wildman–Crippen MR) is 74.1 cm³/mol. The zero-order valence-electron chi connectivity index (χ0n) is 11.4. The van der Waals surface area contributed by atoms with Crippen molar-refractivity contribution < 1.29 is 30.0 Å². The fraction of sp³-hybridized carbons (Fsp3) is 0.833. The molecule has 2 atom stereocenters. The van der Waals surface area contributed by atoms with E-state index in [4.69, 9.17) is 5.11 Å². The maximum absolute atomic E-state index is 10.9. The molecule has 0 radical (unpaired) electrons. The van der Waals surface area contributed by atoms with Crippen molar-refractivity contribution in [1.82, 2.24) is 0 Å². The van der Waals surface area contributed by atoms with Crippen LogP contribution in [0.2, 0.25) is 0 Å². The van der Waals surface area contributed by atoms with Gasteiger partial charge in [0.2, 0.25) is 0 Å². The van der Waals surface area contributed by atoms with Crippen LogP contribution in [0.4, 0.5) is 0 Å². The van der Waals surface area contributed by atoms with Crippen molar-refractivity contribution in [3.05, 3.63) is 0 Å². The quantitative estimate of drug-likeness (QED) is 0.283. The molecule has 8 heteroatoms. The van der Waals surface area contributed by atoms with Crippen LogP contribution < -0.4 is 10.2 Å². The summed E-state index contributed by atoms with van der Waals surface area (Å²) in [5.41, 5.74) is -1.89. The van der Waals surface area contributed by atoms with Crippen molar-refractivity contribution in [3.8, 4) is 0 Å². The Labute approximate surface area is 126 Å². The normalized spacial score (nSPS) is 15.6. The molecule has 0 spiro atoms. The molecule has 2 N–H and O–H groups in total. The molecule has 0 saturated heterocycles. The van der Waals surface area contributed by atoms with Gasteiger partial charge >= 0.3 is 0 Å². The van der Waals surface area contributed by atoms with E-state index in [2.05, 4.69) is 6.92 Å². The molecule has 0 aliphatic heterocycles. The van der Waals surface area contributed by atoms with Crippen molar-refractivity contribution in [1.29, 1.82) is 0 Å². The number of hydrogen-bond donors (Lipinski definition) is 2. The van der Waals surface area contributed by atoms with E-state index in [-0.39, 0.29) is 6.42 Å². The molecule has 0 bridgehead atoms. The lowest BCUT2D eigenvalue weighted by Crippen LogP contribution is -2.45. The van der Waals surface area contributed by atoms with Gasteiger partial charge in [0.15, 0.2) is 4.93 Å². The third-order valence-corrected chi connectivity index (χ3v) is 5.45. The van der Waals surface area contributed by atoms with Crippen LogP contribution in [0.3, 0.4) is 0 Å². The molecule has 0 aromatic rings. The fourth-order valence-electron chi connectivity index (χ4n) is 1.49. The summed E-state index contributed by atoms with van der Waals surface area (Å²) in [4.78, 5) is 19.0. The number of aliphatic hydroxyl groups excluding tert-OH is 1. The van der Waals surface area contributed by atoms with Gasteiger partial charge in [-0.25, -0.2) is 0 Å². The van der Waals surface area contributed by atoms with Crippen molar-refractivity contribution in [3.63, 3.8) is 0 Å². The molecule has 0 heterocycles. The summed E-state index contributed by atoms with van der Waals surface area (Å²) in [7, 11) is 0.707. The minimum absolute atomic E-state index is 0.0567. The maximum Gasteiger partial charge on any atom is 0.160 e. The summed E-state index contributed by atoms with van der Waals surface area (Å²) >= 11 is 0. The van der Waals surface area contributed by atoms with Gasteiger partial charge in [-0.3, -0.25) is 0 Å². The number of carboxylic acids is 2. The van der Waals surface area contributed by atoms with Gasteiger partial charge in [0.1, 0.15) is 5.44 Å². The van der Waals surface area contributed by atoms with Crippen molar-refractivity contribution in [2.24, 2.45) is 0 Å². The standard InChI is InChI=1S/C12H22O6S2/c1-2-3-4-5-6-7-8-12(18,11(16)17)20-19-10(15)9(13)14/h10,15,18H,2-8H2,1H3,(H,13,14)(H,16,17)/p-2. The first-order valence-electron chi connectivity index (χ1n) is 6.50. The Kier molecular flexibility index (Phi) is 10.1. The second-order valence-electron chi connectivity index (χ2n) is 4.44. The Morgan fingerprint density at radius 2 is 1.70 bits per heavy atom. The van der Waals surface area contributed by atoms with E-state index in [9.17, 15) is 24.9 Å². The summed E-state index contributed by atoms with van der Waals surface area (Å²) in [5.74, 6) is -3.42. The fourth-order valence-corrected chi connectivity index (χ4v) is 3.55. The van der Waals surface area contributed by atoms with Crippen LogP contribution in [-0.2, 0) is 9.59 Å². The second kappa shape index (κ2) is 10.3. The predicted octanol–water partition coefficient (Wildman–Crippen LogP) is -0.375. The maximum atomic E-state index is 10.9. The van der Waals surface area contributed by atoms with E-state index >= 15 is 0 Å². The number of carboxylic acid groups (broad SMARTS) is 2. The van der Waals surface area contributed by atoms with Crippen molar-refractivity contribution in [2.75, 3.05) is 0 Å². The lowest BCUT2D eigenvalue weighted by atomic mass is 10.1. The Morgan fingerprint density at radius 3 is 2.20 bits per heavy atom. The summed E-state index contributed by atoms with van der Waals surface area (Å²) in [6.07, 6.45) is 5.46. The summed E-state index contributed by atoms with van der Waals surface area (Å²) in [5, 5.41) is 40.1. The lowest BCUT2D eigenvalue weighted by Gasteiger charge is -2.28. The molecule has 0 aliphatic carbocycles. The van der Waals surface area contributed by atoms with Crippen LogP contribution in [0, 0.1) is 0 Å². The van der Waals surface area contributed by atoms with Crippen LogP contribution in [0.15, 0.2) is 0 Å². The summed E-state index contributed by atoms with van der Waals surface area (Å²) in [6.45, 7) is 2.09. The van der Waals surface area contributed by atoms with Crippen LogP contribution in [-0.4, -0.2) is 32.5 Å². The number of hydrogen-bond acceptors (Lipinski definition) is 8. The van der Waals surface area contributed by atoms with Crippen molar-refractivity contribution >= 4 is 33.5 Å². The van der Waals surface area contributed by atoms with E-state index in [0.29, 0.717) is 28.0 Å². The number of aliphatic hydroxyl groups is 2. The first-order chi connectivity index (χ1) is 9.33. The molecule has 0 rings (SSSR count). The van der Waals surface area contributed by atoms with Gasteiger partial charge in [0, 0.05) is 0 Å². The molecule has 0 aromatic carbocycles. The smallest absolute Gasteiger partial charge is 0.160 e. The van der Waals surface area contributed by atoms with E-state index in [1.54, 1.807) is 0 Å². The Hall–Kier alpha value is -0.440. The second-order valence-corrected chi connectivity index (χ2v) is 7.00. The van der Waals surface area contributed by atoms with Gasteiger partial charge in [0.05, 0.1) is 11.9 Å². The van der Waals surface area contributed by atoms with Gasteiger partial charge in [-0.05, 0) is 23.6 Å². The molecule has 0 saturated carbocycles. The molecule has 6 nitrogen and oxygen atoms in total. The zero-order valence-corrected chi connectivity index (χ0v) is 13.0. The first-order valence-corrected chi connectivity index (χ1v) is 8.72. The highest BCUT2D eigenvalue weighted by atomic mass is 33.1. The highest BCUT2D eigenvalue weighted by Gasteiger charge is 2.30. The monoisotopic (exact) mass is 324 g/mol. The molecule has 0 aromatic heterocycles. The first kappa shape index (κ1) is 19.6. The molecule has 118 valence electrons. The molecule has 20 heavy (non-hydrogen) atoms. The van der Waals surface area contributed by atoms with Crippen LogP contribution in [0.1, 0.15) is 51.9 Å². The largest absolute Gasteiger partial charge is 0.546 e.